The van der Waals surface area contributed by atoms with Crippen LogP contribution in [0.15, 0.2) is 42.9 Å². The lowest BCUT2D eigenvalue weighted by molar-refractivity contribution is 0.0591. The Kier molecular flexibility index (Phi) is 4.49. The monoisotopic (exact) mass is 403 g/mol. The standard InChI is InChI=1S/C22H25N7O/c1-13-4-7-20(23-12-13)27-17-10-16-11-19(17)28(15(16)3)22(30)21-18(6-5-14(2)26-21)29-24-8-9-25-29/h4-9,12,15-17,19H,10-11H2,1-3H3,(H,23,27). The quantitative estimate of drug-likeness (QED) is 0.721. The first-order valence-corrected chi connectivity index (χ1v) is 10.4. The van der Waals surface area contributed by atoms with E-state index in [4.69, 9.17) is 0 Å². The normalized spacial score (nSPS) is 25.0. The molecule has 4 heterocycles. The summed E-state index contributed by atoms with van der Waals surface area (Å²) in [7, 11) is 0. The molecule has 1 aliphatic carbocycles. The highest BCUT2D eigenvalue weighted by Gasteiger charge is 2.52. The van der Waals surface area contributed by atoms with Crippen molar-refractivity contribution in [1.29, 1.82) is 0 Å². The minimum Gasteiger partial charge on any atom is -0.365 e. The molecular formula is C22H25N7O. The maximum absolute atomic E-state index is 13.7. The second-order valence-corrected chi connectivity index (χ2v) is 8.36. The largest absolute Gasteiger partial charge is 0.365 e. The summed E-state index contributed by atoms with van der Waals surface area (Å²) in [6, 6.07) is 8.26. The third-order valence-electron chi connectivity index (χ3n) is 6.37. The van der Waals surface area contributed by atoms with Crippen LogP contribution < -0.4 is 5.32 Å². The Hall–Kier alpha value is -3.29. The molecule has 3 aromatic rings. The number of amides is 1. The van der Waals surface area contributed by atoms with E-state index in [1.54, 1.807) is 12.4 Å². The number of anilines is 1. The summed E-state index contributed by atoms with van der Waals surface area (Å²) in [6.45, 7) is 6.06. The molecule has 0 aromatic carbocycles. The van der Waals surface area contributed by atoms with Crippen molar-refractivity contribution >= 4 is 11.7 Å². The predicted octanol–water partition coefficient (Wildman–Crippen LogP) is 2.78. The number of aromatic nitrogens is 5. The molecular weight excluding hydrogens is 378 g/mol. The lowest BCUT2D eigenvalue weighted by atomic mass is 9.97. The van der Waals surface area contributed by atoms with Gasteiger partial charge in [0.15, 0.2) is 5.69 Å². The lowest BCUT2D eigenvalue weighted by Crippen LogP contribution is -2.52. The molecule has 1 saturated heterocycles. The van der Waals surface area contributed by atoms with Gasteiger partial charge in [0.1, 0.15) is 11.5 Å². The SMILES string of the molecule is Cc1ccc(NC2CC3CC2N(C(=O)c2nc(C)ccc2-n2nccn2)C3C)nc1. The Labute approximate surface area is 175 Å². The van der Waals surface area contributed by atoms with Crippen LogP contribution in [-0.2, 0) is 0 Å². The fourth-order valence-electron chi connectivity index (χ4n) is 4.85. The van der Waals surface area contributed by atoms with Gasteiger partial charge < -0.3 is 10.2 Å². The minimum atomic E-state index is -0.0608. The maximum atomic E-state index is 13.7. The molecule has 2 fully saturated rings. The average molecular weight is 403 g/mol. The van der Waals surface area contributed by atoms with Crippen LogP contribution in [-0.4, -0.2) is 53.9 Å². The number of nitrogens with zero attached hydrogens (tertiary/aromatic N) is 6. The third kappa shape index (κ3) is 3.12. The van der Waals surface area contributed by atoms with E-state index < -0.39 is 0 Å². The lowest BCUT2D eigenvalue weighted by Gasteiger charge is -2.38. The minimum absolute atomic E-state index is 0.0608. The maximum Gasteiger partial charge on any atom is 0.275 e. The number of carbonyl (C=O) groups excluding carboxylic acids is 1. The number of aryl methyl sites for hydroxylation is 2. The molecule has 154 valence electrons. The summed E-state index contributed by atoms with van der Waals surface area (Å²) in [5, 5.41) is 12.0. The van der Waals surface area contributed by atoms with Gasteiger partial charge in [-0.3, -0.25) is 4.79 Å². The van der Waals surface area contributed by atoms with Gasteiger partial charge in [0.2, 0.25) is 0 Å². The van der Waals surface area contributed by atoms with Crippen LogP contribution >= 0.6 is 0 Å². The van der Waals surface area contributed by atoms with Crippen molar-refractivity contribution in [3.05, 3.63) is 59.8 Å². The number of pyridine rings is 2. The second-order valence-electron chi connectivity index (χ2n) is 8.36. The van der Waals surface area contributed by atoms with Crippen molar-refractivity contribution in [3.63, 3.8) is 0 Å². The molecule has 30 heavy (non-hydrogen) atoms. The topological polar surface area (TPSA) is 88.8 Å². The highest BCUT2D eigenvalue weighted by Crippen LogP contribution is 2.44. The van der Waals surface area contributed by atoms with Gasteiger partial charge in [-0.15, -0.1) is 4.80 Å². The number of fused-ring (bicyclic) bond motifs is 2. The van der Waals surface area contributed by atoms with Gasteiger partial charge in [0.25, 0.3) is 5.91 Å². The summed E-state index contributed by atoms with van der Waals surface area (Å²) < 4.78 is 0. The highest BCUT2D eigenvalue weighted by atomic mass is 16.2. The fraction of sp³-hybridized carbons (Fsp3) is 0.409. The van der Waals surface area contributed by atoms with Gasteiger partial charge >= 0.3 is 0 Å². The number of piperidine rings is 1. The van der Waals surface area contributed by atoms with Crippen molar-refractivity contribution in [2.75, 3.05) is 5.32 Å². The van der Waals surface area contributed by atoms with E-state index in [1.165, 1.54) is 4.80 Å². The fourth-order valence-corrected chi connectivity index (χ4v) is 4.85. The molecule has 1 amide bonds. The Bertz CT molecular complexity index is 1060. The zero-order chi connectivity index (χ0) is 20.8. The Morgan fingerprint density at radius 1 is 1.10 bits per heavy atom. The van der Waals surface area contributed by atoms with Crippen LogP contribution in [0.5, 0.6) is 0 Å². The third-order valence-corrected chi connectivity index (χ3v) is 6.37. The van der Waals surface area contributed by atoms with E-state index in [0.717, 1.165) is 29.9 Å². The average Bonchev–Trinajstić information content (AvgIpc) is 3.46. The molecule has 0 spiro atoms. The predicted molar refractivity (Wildman–Crippen MR) is 112 cm³/mol. The molecule has 5 rings (SSSR count). The first kappa shape index (κ1) is 18.7. The number of nitrogens with one attached hydrogen (secondary N) is 1. The number of likely N-dealkylation sites (tertiary alicyclic amines) is 1. The van der Waals surface area contributed by atoms with Crippen LogP contribution in [0.25, 0.3) is 5.69 Å². The van der Waals surface area contributed by atoms with E-state index in [0.29, 0.717) is 17.3 Å². The smallest absolute Gasteiger partial charge is 0.275 e. The molecule has 1 saturated carbocycles. The number of hydrogen-bond donors (Lipinski definition) is 1. The van der Waals surface area contributed by atoms with E-state index in [9.17, 15) is 4.79 Å². The van der Waals surface area contributed by atoms with Gasteiger partial charge in [0, 0.05) is 24.0 Å². The molecule has 4 atom stereocenters. The first-order chi connectivity index (χ1) is 14.5. The molecule has 1 N–H and O–H groups in total. The summed E-state index contributed by atoms with van der Waals surface area (Å²) in [6.07, 6.45) is 7.10. The van der Waals surface area contributed by atoms with Crippen LogP contribution in [0.1, 0.15) is 41.5 Å². The molecule has 1 aliphatic heterocycles. The number of carbonyl (C=O) groups is 1. The van der Waals surface area contributed by atoms with Gasteiger partial charge in [-0.05, 0) is 63.3 Å². The van der Waals surface area contributed by atoms with E-state index in [1.807, 2.05) is 49.2 Å². The number of hydrogen-bond acceptors (Lipinski definition) is 6. The first-order valence-electron chi connectivity index (χ1n) is 10.4. The van der Waals surface area contributed by atoms with Crippen molar-refractivity contribution in [3.8, 4) is 5.69 Å². The Balaban J connectivity index is 1.45. The second kappa shape index (κ2) is 7.19. The van der Waals surface area contributed by atoms with Crippen molar-refractivity contribution in [2.45, 2.75) is 51.7 Å². The van der Waals surface area contributed by atoms with Gasteiger partial charge in [0.05, 0.1) is 18.4 Å². The number of rotatable bonds is 4. The molecule has 2 bridgehead atoms. The Morgan fingerprint density at radius 2 is 1.90 bits per heavy atom. The van der Waals surface area contributed by atoms with Gasteiger partial charge in [-0.1, -0.05) is 6.07 Å². The summed E-state index contributed by atoms with van der Waals surface area (Å²) in [5.41, 5.74) is 2.93. The zero-order valence-corrected chi connectivity index (χ0v) is 17.4. The van der Waals surface area contributed by atoms with Crippen LogP contribution in [0.4, 0.5) is 5.82 Å². The van der Waals surface area contributed by atoms with E-state index in [-0.39, 0.29) is 24.0 Å². The van der Waals surface area contributed by atoms with Crippen LogP contribution in [0, 0.1) is 19.8 Å². The molecule has 3 aromatic heterocycles. The molecule has 8 heteroatoms. The van der Waals surface area contributed by atoms with Gasteiger partial charge in [-0.25, -0.2) is 9.97 Å². The van der Waals surface area contributed by atoms with E-state index >= 15 is 0 Å². The van der Waals surface area contributed by atoms with Crippen molar-refractivity contribution in [2.24, 2.45) is 5.92 Å². The Morgan fingerprint density at radius 3 is 2.60 bits per heavy atom. The van der Waals surface area contributed by atoms with Crippen LogP contribution in [0.3, 0.4) is 0 Å². The molecule has 8 nitrogen and oxygen atoms in total. The molecule has 4 unspecified atom stereocenters. The summed E-state index contributed by atoms with van der Waals surface area (Å²) in [4.78, 5) is 26.3. The van der Waals surface area contributed by atoms with Crippen LogP contribution in [0.2, 0.25) is 0 Å². The highest BCUT2D eigenvalue weighted by molar-refractivity contribution is 5.96. The molecule has 0 radical (unpaired) electrons. The molecule has 2 aliphatic rings. The van der Waals surface area contributed by atoms with Crippen molar-refractivity contribution < 1.29 is 4.79 Å². The van der Waals surface area contributed by atoms with Crippen molar-refractivity contribution in [1.82, 2.24) is 29.9 Å². The summed E-state index contributed by atoms with van der Waals surface area (Å²) in [5.74, 6) is 1.26. The summed E-state index contributed by atoms with van der Waals surface area (Å²) >= 11 is 0. The zero-order valence-electron chi connectivity index (χ0n) is 17.4. The van der Waals surface area contributed by atoms with Gasteiger partial charge in [-0.2, -0.15) is 10.2 Å². The van der Waals surface area contributed by atoms with E-state index in [2.05, 4.69) is 32.4 Å².